The highest BCUT2D eigenvalue weighted by Crippen LogP contribution is 2.33. The number of para-hydroxylation sites is 1. The number of carbonyl (C=O) groups excluding carboxylic acids is 1. The number of hydrogen-bond acceptors (Lipinski definition) is 3. The molecule has 0 heterocycles. The third-order valence-corrected chi connectivity index (χ3v) is 4.67. The Morgan fingerprint density at radius 3 is 2.20 bits per heavy atom. The lowest BCUT2D eigenvalue weighted by Gasteiger charge is -2.17. The Bertz CT molecular complexity index is 999. The first-order valence-electron chi connectivity index (χ1n) is 9.39. The van der Waals surface area contributed by atoms with Crippen molar-refractivity contribution < 1.29 is 18.0 Å². The van der Waals surface area contributed by atoms with Crippen molar-refractivity contribution in [2.45, 2.75) is 6.18 Å². The van der Waals surface area contributed by atoms with Gasteiger partial charge in [-0.1, -0.05) is 30.3 Å². The van der Waals surface area contributed by atoms with Crippen LogP contribution in [-0.4, -0.2) is 30.9 Å². The van der Waals surface area contributed by atoms with E-state index in [4.69, 9.17) is 5.73 Å². The number of amides is 1. The Morgan fingerprint density at radius 2 is 1.60 bits per heavy atom. The molecular weight excluding hydrogens is 391 g/mol. The molecule has 4 nitrogen and oxygen atoms in total. The summed E-state index contributed by atoms with van der Waals surface area (Å²) < 4.78 is 38.3. The van der Waals surface area contributed by atoms with Crippen LogP contribution in [0.5, 0.6) is 0 Å². The summed E-state index contributed by atoms with van der Waals surface area (Å²) in [5, 5.41) is 3.17. The molecular formula is C23H22F3N3O. The van der Waals surface area contributed by atoms with E-state index in [-0.39, 0.29) is 5.91 Å². The van der Waals surface area contributed by atoms with Crippen LogP contribution in [0.1, 0.15) is 15.9 Å². The van der Waals surface area contributed by atoms with E-state index < -0.39 is 11.7 Å². The summed E-state index contributed by atoms with van der Waals surface area (Å²) in [5.41, 5.74) is 8.40. The summed E-state index contributed by atoms with van der Waals surface area (Å²) in [5.74, 6) is -0.108. The largest absolute Gasteiger partial charge is 0.416 e. The zero-order chi connectivity index (χ0) is 21.7. The number of anilines is 2. The van der Waals surface area contributed by atoms with E-state index >= 15 is 0 Å². The molecule has 3 rings (SSSR count). The van der Waals surface area contributed by atoms with Crippen molar-refractivity contribution in [3.63, 3.8) is 0 Å². The summed E-state index contributed by atoms with van der Waals surface area (Å²) in [6, 6.07) is 19.5. The smallest absolute Gasteiger partial charge is 0.355 e. The molecule has 0 saturated heterocycles. The Hall–Kier alpha value is -3.32. The van der Waals surface area contributed by atoms with Crippen molar-refractivity contribution in [2.75, 3.05) is 25.5 Å². The van der Waals surface area contributed by atoms with E-state index in [0.29, 0.717) is 24.3 Å². The lowest BCUT2D eigenvalue weighted by atomic mass is 10.0. The van der Waals surface area contributed by atoms with Crippen LogP contribution in [0, 0.1) is 0 Å². The number of nitrogens with two attached hydrogens (primary N) is 1. The second-order valence-electron chi connectivity index (χ2n) is 6.84. The molecule has 0 aromatic heterocycles. The second-order valence-corrected chi connectivity index (χ2v) is 6.84. The van der Waals surface area contributed by atoms with E-state index in [0.717, 1.165) is 28.9 Å². The van der Waals surface area contributed by atoms with Crippen molar-refractivity contribution in [3.8, 4) is 11.1 Å². The van der Waals surface area contributed by atoms with Gasteiger partial charge in [-0.05, 0) is 48.0 Å². The van der Waals surface area contributed by atoms with E-state index in [1.165, 1.54) is 12.1 Å². The van der Waals surface area contributed by atoms with Gasteiger partial charge in [0.05, 0.1) is 5.56 Å². The van der Waals surface area contributed by atoms with Crippen LogP contribution >= 0.6 is 0 Å². The number of hydrogen-bond donors (Lipinski definition) is 2. The molecule has 0 radical (unpaired) electrons. The highest BCUT2D eigenvalue weighted by atomic mass is 19.4. The predicted octanol–water partition coefficient (Wildman–Crippen LogP) is 5.15. The highest BCUT2D eigenvalue weighted by molar-refractivity contribution is 5.95. The normalized spacial score (nSPS) is 11.2. The van der Waals surface area contributed by atoms with Crippen molar-refractivity contribution in [1.82, 2.24) is 4.90 Å². The molecule has 0 bridgehead atoms. The number of nitrogens with one attached hydrogen (secondary N) is 1. The summed E-state index contributed by atoms with van der Waals surface area (Å²) in [6.45, 7) is 0.865. The molecule has 3 aromatic carbocycles. The van der Waals surface area contributed by atoms with E-state index in [1.807, 2.05) is 36.4 Å². The van der Waals surface area contributed by atoms with Gasteiger partial charge in [-0.3, -0.25) is 4.79 Å². The molecule has 0 saturated carbocycles. The summed E-state index contributed by atoms with van der Waals surface area (Å²) >= 11 is 0. The second kappa shape index (κ2) is 9.00. The topological polar surface area (TPSA) is 58.4 Å². The number of benzene rings is 3. The highest BCUT2D eigenvalue weighted by Gasteiger charge is 2.29. The number of nitrogens with zero attached hydrogens (tertiary/aromatic N) is 1. The van der Waals surface area contributed by atoms with Gasteiger partial charge in [-0.15, -0.1) is 0 Å². The van der Waals surface area contributed by atoms with Crippen LogP contribution < -0.4 is 11.1 Å². The number of alkyl halides is 3. The van der Waals surface area contributed by atoms with Gasteiger partial charge >= 0.3 is 6.18 Å². The maximum atomic E-state index is 12.8. The molecule has 0 fully saturated rings. The average molecular weight is 413 g/mol. The van der Waals surface area contributed by atoms with Gasteiger partial charge in [0.2, 0.25) is 0 Å². The first-order valence-corrected chi connectivity index (χ1v) is 9.39. The van der Waals surface area contributed by atoms with E-state index in [2.05, 4.69) is 5.32 Å². The standard InChI is InChI=1S/C23H22F3N3O/c1-29(15-14-27)22(30)17-8-6-16(7-9-17)20-4-2-3-5-21(20)28-19-12-10-18(11-13-19)23(24,25)26/h2-13,28H,14-15,27H2,1H3. The minimum absolute atomic E-state index is 0.108. The molecule has 0 unspecified atom stereocenters. The quantitative estimate of drug-likeness (QED) is 0.588. The zero-order valence-corrected chi connectivity index (χ0v) is 16.4. The van der Waals surface area contributed by atoms with Crippen molar-refractivity contribution in [2.24, 2.45) is 5.73 Å². The monoisotopic (exact) mass is 413 g/mol. The molecule has 3 aromatic rings. The minimum Gasteiger partial charge on any atom is -0.355 e. The molecule has 0 spiro atoms. The fourth-order valence-corrected chi connectivity index (χ4v) is 3.05. The Balaban J connectivity index is 1.82. The first-order chi connectivity index (χ1) is 14.3. The van der Waals surface area contributed by atoms with Crippen molar-refractivity contribution in [3.05, 3.63) is 83.9 Å². The lowest BCUT2D eigenvalue weighted by molar-refractivity contribution is -0.137. The Morgan fingerprint density at radius 1 is 0.967 bits per heavy atom. The molecule has 1 amide bonds. The Kier molecular flexibility index (Phi) is 6.42. The van der Waals surface area contributed by atoms with Gasteiger partial charge in [0.25, 0.3) is 5.91 Å². The molecule has 0 aliphatic heterocycles. The van der Waals surface area contributed by atoms with Crippen LogP contribution in [0.3, 0.4) is 0 Å². The molecule has 0 aliphatic carbocycles. The van der Waals surface area contributed by atoms with E-state index in [1.54, 1.807) is 24.1 Å². The van der Waals surface area contributed by atoms with Gasteiger partial charge in [0, 0.05) is 42.6 Å². The van der Waals surface area contributed by atoms with Gasteiger partial charge in [0.1, 0.15) is 0 Å². The molecule has 156 valence electrons. The summed E-state index contributed by atoms with van der Waals surface area (Å²) in [6.07, 6.45) is -4.37. The van der Waals surface area contributed by atoms with Crippen LogP contribution in [0.25, 0.3) is 11.1 Å². The fraction of sp³-hybridized carbons (Fsp3) is 0.174. The molecule has 3 N–H and O–H groups in total. The third-order valence-electron chi connectivity index (χ3n) is 4.67. The predicted molar refractivity (Wildman–Crippen MR) is 113 cm³/mol. The minimum atomic E-state index is -4.37. The zero-order valence-electron chi connectivity index (χ0n) is 16.4. The van der Waals surface area contributed by atoms with Crippen molar-refractivity contribution >= 4 is 17.3 Å². The third kappa shape index (κ3) is 4.99. The summed E-state index contributed by atoms with van der Waals surface area (Å²) in [4.78, 5) is 13.9. The maximum absolute atomic E-state index is 12.8. The Labute approximate surface area is 173 Å². The van der Waals surface area contributed by atoms with Crippen molar-refractivity contribution in [1.29, 1.82) is 0 Å². The maximum Gasteiger partial charge on any atom is 0.416 e. The van der Waals surface area contributed by atoms with Gasteiger partial charge in [0.15, 0.2) is 0 Å². The molecule has 7 heteroatoms. The number of rotatable bonds is 6. The van der Waals surface area contributed by atoms with Crippen LogP contribution in [0.15, 0.2) is 72.8 Å². The molecule has 0 aliphatic rings. The number of likely N-dealkylation sites (N-methyl/N-ethyl adjacent to an activating group) is 1. The van der Waals surface area contributed by atoms with Crippen LogP contribution in [-0.2, 0) is 6.18 Å². The average Bonchev–Trinajstić information content (AvgIpc) is 2.74. The van der Waals surface area contributed by atoms with Crippen LogP contribution in [0.4, 0.5) is 24.5 Å². The fourth-order valence-electron chi connectivity index (χ4n) is 3.05. The van der Waals surface area contributed by atoms with E-state index in [9.17, 15) is 18.0 Å². The van der Waals surface area contributed by atoms with Gasteiger partial charge < -0.3 is 16.0 Å². The molecule has 0 atom stereocenters. The number of halogens is 3. The van der Waals surface area contributed by atoms with Gasteiger partial charge in [-0.25, -0.2) is 0 Å². The molecule has 30 heavy (non-hydrogen) atoms. The summed E-state index contributed by atoms with van der Waals surface area (Å²) in [7, 11) is 1.70. The van der Waals surface area contributed by atoms with Gasteiger partial charge in [-0.2, -0.15) is 13.2 Å². The first kappa shape index (κ1) is 21.4. The van der Waals surface area contributed by atoms with Crippen LogP contribution in [0.2, 0.25) is 0 Å². The SMILES string of the molecule is CN(CCN)C(=O)c1ccc(-c2ccccc2Nc2ccc(C(F)(F)F)cc2)cc1. The number of carbonyl (C=O) groups is 1. The lowest BCUT2D eigenvalue weighted by Crippen LogP contribution is -2.31.